The molecule has 0 amide bonds. The van der Waals surface area contributed by atoms with E-state index in [2.05, 4.69) is 222 Å². The maximum atomic E-state index is 5.30. The molecule has 2 aliphatic heterocycles. The zero-order chi connectivity index (χ0) is 55.0. The molecule has 3 unspecified atom stereocenters. The number of benzene rings is 10. The van der Waals surface area contributed by atoms with Crippen molar-refractivity contribution < 1.29 is 0 Å². The maximum Gasteiger partial charge on any atom is 0.167 e. The van der Waals surface area contributed by atoms with Crippen LogP contribution in [0.1, 0.15) is 47.2 Å². The quantitative estimate of drug-likeness (QED) is 0.154. The molecule has 0 saturated heterocycles. The average molecular weight is 1070 g/mol. The molecule has 9 nitrogen and oxygen atoms in total. The molecule has 1 N–H and O–H groups in total. The number of nitrogens with zero attached hydrogens (tertiary/aromatic N) is 8. The van der Waals surface area contributed by atoms with Gasteiger partial charge in [-0.15, -0.1) is 0 Å². The summed E-state index contributed by atoms with van der Waals surface area (Å²) in [7, 11) is 0. The predicted octanol–water partition coefficient (Wildman–Crippen LogP) is 17.1. The van der Waals surface area contributed by atoms with Crippen molar-refractivity contribution in [3.8, 4) is 62.1 Å². The van der Waals surface area contributed by atoms with Gasteiger partial charge in [0, 0.05) is 80.0 Å². The highest BCUT2D eigenvalue weighted by Crippen LogP contribution is 2.66. The molecule has 0 spiro atoms. The van der Waals surface area contributed by atoms with Crippen molar-refractivity contribution in [2.75, 3.05) is 4.90 Å². The smallest absolute Gasteiger partial charge is 0.167 e. The first kappa shape index (κ1) is 48.0. The van der Waals surface area contributed by atoms with Gasteiger partial charge in [-0.2, -0.15) is 0 Å². The first-order valence-electron chi connectivity index (χ1n) is 28.1. The number of hydrogen-bond acceptors (Lipinski definition) is 8. The molecule has 392 valence electrons. The molecule has 13 aromatic rings. The van der Waals surface area contributed by atoms with Crippen molar-refractivity contribution in [2.24, 2.45) is 4.99 Å². The highest BCUT2D eigenvalue weighted by Gasteiger charge is 2.53. The summed E-state index contributed by atoms with van der Waals surface area (Å²) in [6, 6.07) is 84.3. The number of hydrogen-bond donors (Lipinski definition) is 1. The predicted molar refractivity (Wildman–Crippen MR) is 337 cm³/mol. The number of fused-ring (bicyclic) bond motifs is 10. The average Bonchev–Trinajstić information content (AvgIpc) is 2.15. The summed E-state index contributed by atoms with van der Waals surface area (Å²) in [4.78, 5) is 33.0. The lowest BCUT2D eigenvalue weighted by Gasteiger charge is -2.39. The third kappa shape index (κ3) is 7.84. The van der Waals surface area contributed by atoms with Gasteiger partial charge >= 0.3 is 0 Å². The van der Waals surface area contributed by atoms with Crippen LogP contribution in [0, 0.1) is 0 Å². The van der Waals surface area contributed by atoms with E-state index in [1.807, 2.05) is 60.9 Å². The van der Waals surface area contributed by atoms with Gasteiger partial charge in [0.25, 0.3) is 0 Å². The summed E-state index contributed by atoms with van der Waals surface area (Å²) in [5, 5.41) is 8.12. The largest absolute Gasteiger partial charge is 0.365 e. The molecule has 9 heteroatoms. The highest BCUT2D eigenvalue weighted by molar-refractivity contribution is 6.28. The molecule has 3 aliphatic rings. The number of para-hydroxylation sites is 1. The maximum absolute atomic E-state index is 5.30. The highest BCUT2D eigenvalue weighted by atomic mass is 15.2. The fourth-order valence-corrected chi connectivity index (χ4v) is 13.1. The summed E-state index contributed by atoms with van der Waals surface area (Å²) in [6.07, 6.45) is 12.0. The van der Waals surface area contributed by atoms with Crippen LogP contribution in [0.25, 0.3) is 106 Å². The number of rotatable bonds is 9. The Morgan fingerprint density at radius 3 is 1.81 bits per heavy atom. The minimum absolute atomic E-state index is 0.0719. The third-order valence-corrected chi connectivity index (χ3v) is 16.8. The Kier molecular flexibility index (Phi) is 11.2. The lowest BCUT2D eigenvalue weighted by Crippen LogP contribution is -2.34. The Balaban J connectivity index is 0.987. The van der Waals surface area contributed by atoms with Crippen LogP contribution in [0.2, 0.25) is 0 Å². The fourth-order valence-electron chi connectivity index (χ4n) is 13.1. The third-order valence-electron chi connectivity index (χ3n) is 16.8. The molecular weight excluding hydrogens is 1010 g/mol. The number of allylic oxidation sites excluding steroid dienone is 1. The van der Waals surface area contributed by atoms with Crippen LogP contribution in [-0.2, 0) is 5.41 Å². The molecule has 3 atom stereocenters. The van der Waals surface area contributed by atoms with Gasteiger partial charge in [0.2, 0.25) is 0 Å². The van der Waals surface area contributed by atoms with E-state index < -0.39 is 5.41 Å². The van der Waals surface area contributed by atoms with Crippen molar-refractivity contribution >= 4 is 61.8 Å². The van der Waals surface area contributed by atoms with Gasteiger partial charge in [0.1, 0.15) is 6.17 Å². The van der Waals surface area contributed by atoms with Crippen molar-refractivity contribution in [1.29, 1.82) is 0 Å². The van der Waals surface area contributed by atoms with Gasteiger partial charge in [0.05, 0.1) is 33.9 Å². The van der Waals surface area contributed by atoms with Crippen molar-refractivity contribution in [2.45, 2.75) is 24.5 Å². The summed E-state index contributed by atoms with van der Waals surface area (Å²) in [5.74, 6) is 2.03. The van der Waals surface area contributed by atoms with Gasteiger partial charge in [-0.3, -0.25) is 4.99 Å². The van der Waals surface area contributed by atoms with Gasteiger partial charge in [-0.05, 0) is 70.0 Å². The molecule has 16 rings (SSSR count). The lowest BCUT2D eigenvalue weighted by molar-refractivity contribution is 0.499. The van der Waals surface area contributed by atoms with Crippen LogP contribution in [0.5, 0.6) is 0 Å². The van der Waals surface area contributed by atoms with E-state index in [1.54, 1.807) is 12.4 Å². The van der Waals surface area contributed by atoms with E-state index in [0.717, 1.165) is 72.0 Å². The van der Waals surface area contributed by atoms with Crippen molar-refractivity contribution in [3.05, 3.63) is 289 Å². The lowest BCUT2D eigenvalue weighted by atomic mass is 9.69. The summed E-state index contributed by atoms with van der Waals surface area (Å²) in [6.45, 7) is 2.46. The first-order chi connectivity index (χ1) is 41.1. The van der Waals surface area contributed by atoms with Crippen LogP contribution in [0.3, 0.4) is 0 Å². The topological polar surface area (TPSA) is 97.0 Å². The molecule has 3 aromatic heterocycles. The molecule has 0 fully saturated rings. The molecule has 0 bridgehead atoms. The molecule has 83 heavy (non-hydrogen) atoms. The van der Waals surface area contributed by atoms with Crippen LogP contribution in [0.4, 0.5) is 11.4 Å². The second-order valence-electron chi connectivity index (χ2n) is 21.7. The van der Waals surface area contributed by atoms with Crippen molar-refractivity contribution in [1.82, 2.24) is 34.8 Å². The van der Waals surface area contributed by atoms with Crippen molar-refractivity contribution in [3.63, 3.8) is 0 Å². The fraction of sp³-hybridized carbons (Fsp3) is 0.0541. The van der Waals surface area contributed by atoms with E-state index in [1.165, 1.54) is 38.9 Å². The SMILES string of the molecule is CC12C=Cc3ccccc3C1N(c1ccccc1)c1c2c(-c2ccccc2)c2c(c1-c1ccccc1)c1ccc3ccccc3c1n2-c1cccc(-c2nc(C3=CNC(c4ccccc4)N=C3)nc(-c3cnc(-c4ccccc4)nc3)n2)c1. The molecule has 0 saturated carbocycles. The van der Waals surface area contributed by atoms with Crippen LogP contribution >= 0.6 is 0 Å². The number of anilines is 2. The molecule has 0 radical (unpaired) electrons. The van der Waals surface area contributed by atoms with Gasteiger partial charge < -0.3 is 14.8 Å². The van der Waals surface area contributed by atoms with E-state index >= 15 is 0 Å². The van der Waals surface area contributed by atoms with Gasteiger partial charge in [-0.25, -0.2) is 24.9 Å². The number of nitrogens with one attached hydrogen (secondary N) is 1. The molecule has 10 aromatic carbocycles. The second kappa shape index (κ2) is 19.4. The molecule has 5 heterocycles. The van der Waals surface area contributed by atoms with E-state index in [0.29, 0.717) is 28.9 Å². The number of aromatic nitrogens is 6. The number of aliphatic imine (C=N–C) groups is 1. The molecular formula is C74H51N9. The minimum Gasteiger partial charge on any atom is -0.365 e. The Morgan fingerprint density at radius 2 is 1.08 bits per heavy atom. The van der Waals surface area contributed by atoms with E-state index in [4.69, 9.17) is 29.9 Å². The normalized spacial score (nSPS) is 16.8. The monoisotopic (exact) mass is 1070 g/mol. The Morgan fingerprint density at radius 1 is 0.482 bits per heavy atom. The van der Waals surface area contributed by atoms with E-state index in [9.17, 15) is 0 Å². The van der Waals surface area contributed by atoms with Crippen LogP contribution < -0.4 is 10.2 Å². The Hall–Kier alpha value is -10.9. The standard InChI is InChI=1S/C74H51N9/c1-74-41-40-48-23-18-20-37-59(48)68(74)83(56-33-15-6-16-34-56)67-61(49-24-7-2-8-25-49)63-60-39-38-47-22-17-19-36-58(47)65(60)82(66(63)62(64(67)74)50-26-9-3-10-27-50)57-35-21-32-53(42-57)71-79-72(54-43-75-69(76-44-54)51-28-11-4-12-29-51)81-73(80-71)55-45-77-70(78-46-55)52-30-13-5-14-31-52/h2-46,68-69,75H,1H3. The Labute approximate surface area is 480 Å². The minimum atomic E-state index is -0.513. The summed E-state index contributed by atoms with van der Waals surface area (Å²) in [5.41, 5.74) is 17.7. The van der Waals surface area contributed by atoms with Gasteiger partial charge in [-0.1, -0.05) is 224 Å². The zero-order valence-electron chi connectivity index (χ0n) is 45.2. The zero-order valence-corrected chi connectivity index (χ0v) is 45.2. The van der Waals surface area contributed by atoms with Crippen LogP contribution in [-0.4, -0.2) is 35.7 Å². The first-order valence-corrected chi connectivity index (χ1v) is 28.1. The van der Waals surface area contributed by atoms with E-state index in [-0.39, 0.29) is 12.2 Å². The Bertz CT molecular complexity index is 4770. The molecule has 1 aliphatic carbocycles. The summed E-state index contributed by atoms with van der Waals surface area (Å²) >= 11 is 0. The second-order valence-corrected chi connectivity index (χ2v) is 21.7. The summed E-state index contributed by atoms with van der Waals surface area (Å²) < 4.78 is 2.54. The van der Waals surface area contributed by atoms with Crippen LogP contribution in [0.15, 0.2) is 266 Å². The van der Waals surface area contributed by atoms with Gasteiger partial charge in [0.15, 0.2) is 23.3 Å².